The van der Waals surface area contributed by atoms with E-state index in [2.05, 4.69) is 10.6 Å². The van der Waals surface area contributed by atoms with E-state index >= 15 is 0 Å². The molecular weight excluding hydrogens is 120 g/mol. The van der Waals surface area contributed by atoms with E-state index in [-0.39, 0.29) is 8.76 Å². The Kier molecular flexibility index (Phi) is 0.986. The second-order valence-corrected chi connectivity index (χ2v) is 2.53. The summed E-state index contributed by atoms with van der Waals surface area (Å²) >= 11 is 0. The van der Waals surface area contributed by atoms with Crippen LogP contribution in [0.5, 0.6) is 0 Å². The van der Waals surface area contributed by atoms with Crippen LogP contribution in [0.4, 0.5) is 4.79 Å². The van der Waals surface area contributed by atoms with Gasteiger partial charge in [0, 0.05) is 0 Å². The molecule has 1 aliphatic rings. The van der Waals surface area contributed by atoms with Crippen LogP contribution in [-0.2, 0) is 4.79 Å². The van der Waals surface area contributed by atoms with E-state index in [0.29, 0.717) is 0 Å². The first-order chi connectivity index (χ1) is 4.02. The van der Waals surface area contributed by atoms with Crippen molar-refractivity contribution in [1.82, 2.24) is 10.6 Å². The fourth-order valence-corrected chi connectivity index (χ4v) is 0.631. The molecule has 1 aliphatic heterocycles. The molecule has 1 saturated heterocycles. The third-order valence-electron chi connectivity index (χ3n) is 1.22. The fourth-order valence-electron chi connectivity index (χ4n) is 0.631. The summed E-state index contributed by atoms with van der Waals surface area (Å²) in [5.74, 6) is -0.271. The summed E-state index contributed by atoms with van der Waals surface area (Å²) in [7, 11) is 0. The highest BCUT2D eigenvalue weighted by Crippen LogP contribution is 2.05. The van der Waals surface area contributed by atoms with Gasteiger partial charge in [-0.25, -0.2) is 4.79 Å². The van der Waals surface area contributed by atoms with Gasteiger partial charge in [0.25, 0.3) is 5.91 Å². The number of rotatable bonds is 0. The minimum absolute atomic E-state index is 0. The molecule has 0 bridgehead atoms. The van der Waals surface area contributed by atoms with Crippen LogP contribution in [0, 0.1) is 0 Å². The Balaban J connectivity index is 0. The number of carbonyl (C=O) groups excluding carboxylic acids is 2. The van der Waals surface area contributed by atoms with Gasteiger partial charge >= 0.3 is 8.88 Å². The van der Waals surface area contributed by atoms with Gasteiger partial charge < -0.3 is 5.32 Å². The third-order valence-corrected chi connectivity index (χ3v) is 1.22. The second-order valence-electron chi connectivity index (χ2n) is 2.53. The van der Waals surface area contributed by atoms with Gasteiger partial charge in [0.05, 0.1) is 0 Å². The van der Waals surface area contributed by atoms with Gasteiger partial charge in [-0.05, 0) is 13.8 Å². The van der Waals surface area contributed by atoms with Crippen molar-refractivity contribution in [1.29, 1.82) is 0 Å². The van der Waals surface area contributed by atoms with Crippen molar-refractivity contribution >= 4 is 11.9 Å². The van der Waals surface area contributed by atoms with Crippen LogP contribution in [0.2, 0.25) is 0 Å². The van der Waals surface area contributed by atoms with Crippen LogP contribution >= 0.6 is 0 Å². The largest absolute Gasteiger partial charge is 1.00 e. The van der Waals surface area contributed by atoms with Gasteiger partial charge in [0.2, 0.25) is 0 Å². The third kappa shape index (κ3) is 0.872. The van der Waals surface area contributed by atoms with E-state index < -0.39 is 11.6 Å². The molecule has 1 fully saturated rings. The van der Waals surface area contributed by atoms with E-state index in [9.17, 15) is 9.59 Å². The molecule has 0 spiro atoms. The van der Waals surface area contributed by atoms with Crippen molar-refractivity contribution in [3.8, 4) is 0 Å². The number of nitrogens with one attached hydrogen (secondary N) is 2. The molecule has 0 saturated carbocycles. The molecule has 1 rings (SSSR count). The standard InChI is InChI=1S/C5H8N2O2/c1-5(2)3(8)6-4(9)7-5/h1-2H3,(H2,6,7,8,9)/p+2. The molecule has 9 heavy (non-hydrogen) atoms. The van der Waals surface area contributed by atoms with Gasteiger partial charge in [-0.15, -0.1) is 0 Å². The Labute approximate surface area is 55.6 Å². The molecule has 0 radical (unpaired) electrons. The summed E-state index contributed by atoms with van der Waals surface area (Å²) in [6.45, 7) is 3.29. The van der Waals surface area contributed by atoms with E-state index in [4.69, 9.17) is 0 Å². The lowest BCUT2D eigenvalue weighted by Crippen LogP contribution is -2.39. The van der Waals surface area contributed by atoms with Crippen molar-refractivity contribution in [2.24, 2.45) is 0 Å². The van der Waals surface area contributed by atoms with Gasteiger partial charge in [0.15, 0.2) is 0 Å². The summed E-state index contributed by atoms with van der Waals surface area (Å²) in [6.07, 6.45) is 0. The molecule has 0 aliphatic carbocycles. The molecule has 50 valence electrons. The summed E-state index contributed by atoms with van der Waals surface area (Å²) in [6, 6.07) is -0.412. The quantitative estimate of drug-likeness (QED) is 0.447. The second kappa shape index (κ2) is 1.46. The molecule has 4 nitrogen and oxygen atoms in total. The molecule has 0 atom stereocenters. The highest BCUT2D eigenvalue weighted by Gasteiger charge is 2.36. The summed E-state index contributed by atoms with van der Waals surface area (Å²) in [4.78, 5) is 21.1. The Bertz CT molecular complexity index is 181. The SMILES string of the molecule is CC1(C)NC(=O)NC1=O.[H+].[H+]. The van der Waals surface area contributed by atoms with Crippen LogP contribution in [0.15, 0.2) is 0 Å². The molecular formula is C5H10N2O2+2. The normalized spacial score (nSPS) is 23.3. The van der Waals surface area contributed by atoms with Gasteiger partial charge in [-0.1, -0.05) is 0 Å². The van der Waals surface area contributed by atoms with Crippen LogP contribution in [0.1, 0.15) is 16.7 Å². The average molecular weight is 130 g/mol. The van der Waals surface area contributed by atoms with Crippen LogP contribution < -0.4 is 10.6 Å². The molecule has 0 aromatic carbocycles. The Morgan fingerprint density at radius 2 is 2.00 bits per heavy atom. The van der Waals surface area contributed by atoms with E-state index in [1.165, 1.54) is 0 Å². The highest BCUT2D eigenvalue weighted by atomic mass is 16.2. The van der Waals surface area contributed by atoms with Crippen molar-refractivity contribution in [3.63, 3.8) is 0 Å². The molecule has 2 N–H and O–H groups in total. The summed E-state index contributed by atoms with van der Waals surface area (Å²) in [5, 5.41) is 4.56. The first kappa shape index (κ1) is 6.07. The van der Waals surface area contributed by atoms with Gasteiger partial charge in [-0.2, -0.15) is 0 Å². The molecule has 3 amide bonds. The van der Waals surface area contributed by atoms with E-state index in [0.717, 1.165) is 0 Å². The number of hydrogen-bond acceptors (Lipinski definition) is 2. The van der Waals surface area contributed by atoms with Crippen LogP contribution in [-0.4, -0.2) is 17.5 Å². The predicted molar refractivity (Wildman–Crippen MR) is 33.0 cm³/mol. The minimum atomic E-state index is -0.725. The number of carbonyl (C=O) groups is 2. The molecule has 0 aromatic heterocycles. The maximum Gasteiger partial charge on any atom is 1.00 e. The molecule has 4 heteroatoms. The van der Waals surface area contributed by atoms with E-state index in [1.54, 1.807) is 13.8 Å². The highest BCUT2D eigenvalue weighted by molar-refractivity contribution is 6.06. The van der Waals surface area contributed by atoms with Crippen molar-refractivity contribution in [2.75, 3.05) is 0 Å². The van der Waals surface area contributed by atoms with Crippen LogP contribution in [0.25, 0.3) is 0 Å². The van der Waals surface area contributed by atoms with Crippen molar-refractivity contribution in [3.05, 3.63) is 0 Å². The zero-order valence-electron chi connectivity index (χ0n) is 7.32. The number of imide groups is 1. The number of amides is 3. The summed E-state index contributed by atoms with van der Waals surface area (Å²) in [5.41, 5.74) is -0.725. The lowest BCUT2D eigenvalue weighted by atomic mass is 10.1. The van der Waals surface area contributed by atoms with Crippen molar-refractivity contribution in [2.45, 2.75) is 19.4 Å². The van der Waals surface area contributed by atoms with Crippen LogP contribution in [0.3, 0.4) is 0 Å². The molecule has 0 unspecified atom stereocenters. The Hall–Kier alpha value is -1.06. The fraction of sp³-hybridized carbons (Fsp3) is 0.600. The zero-order valence-corrected chi connectivity index (χ0v) is 5.32. The zero-order chi connectivity index (χ0) is 7.07. The maximum absolute atomic E-state index is 10.7. The number of hydrogen-bond donors (Lipinski definition) is 2. The first-order valence-electron chi connectivity index (χ1n) is 2.66. The van der Waals surface area contributed by atoms with Gasteiger partial charge in [-0.3, -0.25) is 10.1 Å². The van der Waals surface area contributed by atoms with E-state index in [1.807, 2.05) is 0 Å². The smallest absolute Gasteiger partial charge is 0.324 e. The van der Waals surface area contributed by atoms with Crippen molar-refractivity contribution < 1.29 is 12.4 Å². The molecule has 0 aromatic rings. The Morgan fingerprint density at radius 1 is 1.44 bits per heavy atom. The van der Waals surface area contributed by atoms with Gasteiger partial charge in [0.1, 0.15) is 5.54 Å². The average Bonchev–Trinajstić information content (AvgIpc) is 1.79. The first-order valence-corrected chi connectivity index (χ1v) is 2.66. The maximum atomic E-state index is 10.7. The molecule has 1 heterocycles. The monoisotopic (exact) mass is 130 g/mol. The topological polar surface area (TPSA) is 58.2 Å². The Morgan fingerprint density at radius 3 is 2.11 bits per heavy atom. The minimum Gasteiger partial charge on any atom is -0.324 e. The lowest BCUT2D eigenvalue weighted by molar-refractivity contribution is -0.122. The lowest BCUT2D eigenvalue weighted by Gasteiger charge is -2.11. The predicted octanol–water partition coefficient (Wildman–Crippen LogP) is -0.171. The summed E-state index contributed by atoms with van der Waals surface area (Å²) < 4.78 is 0. The number of urea groups is 1.